The molecule has 2 aromatic rings. The predicted octanol–water partition coefficient (Wildman–Crippen LogP) is 3.06. The molecule has 21 heavy (non-hydrogen) atoms. The summed E-state index contributed by atoms with van der Waals surface area (Å²) in [4.78, 5) is 11.0. The number of benzene rings is 2. The molecule has 0 bridgehead atoms. The lowest BCUT2D eigenvalue weighted by molar-refractivity contribution is 0.0697. The van der Waals surface area contributed by atoms with Crippen LogP contribution < -0.4 is 5.32 Å². The standard InChI is InChI=1S/C16H16ClNO3/c17-9-15(19)10-18-14-6-4-11(5-7-14)12-2-1-3-13(8-12)16(20)21/h1-8,15,18-19H,9-10H2,(H,20,21). The smallest absolute Gasteiger partial charge is 0.335 e. The highest BCUT2D eigenvalue weighted by atomic mass is 35.5. The molecular formula is C16H16ClNO3. The fraction of sp³-hybridized carbons (Fsp3) is 0.188. The fourth-order valence-corrected chi connectivity index (χ4v) is 2.01. The number of rotatable bonds is 6. The summed E-state index contributed by atoms with van der Waals surface area (Å²) in [6, 6.07) is 14.4. The SMILES string of the molecule is O=C(O)c1cccc(-c2ccc(NCC(O)CCl)cc2)c1. The number of carboxylic acid groups (broad SMARTS) is 1. The van der Waals surface area contributed by atoms with Crippen LogP contribution in [0.25, 0.3) is 11.1 Å². The molecule has 0 fully saturated rings. The van der Waals surface area contributed by atoms with Crippen LogP contribution in [0.5, 0.6) is 0 Å². The molecule has 110 valence electrons. The quantitative estimate of drug-likeness (QED) is 0.717. The second-order valence-electron chi connectivity index (χ2n) is 4.65. The number of aliphatic hydroxyl groups excluding tert-OH is 1. The molecule has 0 amide bonds. The zero-order valence-electron chi connectivity index (χ0n) is 11.3. The van der Waals surface area contributed by atoms with Gasteiger partial charge in [0.1, 0.15) is 0 Å². The van der Waals surface area contributed by atoms with Gasteiger partial charge in [-0.25, -0.2) is 4.79 Å². The molecule has 4 nitrogen and oxygen atoms in total. The average Bonchev–Trinajstić information content (AvgIpc) is 2.53. The molecule has 2 aromatic carbocycles. The van der Waals surface area contributed by atoms with E-state index in [0.29, 0.717) is 6.54 Å². The van der Waals surface area contributed by atoms with E-state index in [4.69, 9.17) is 16.7 Å². The van der Waals surface area contributed by atoms with Crippen molar-refractivity contribution in [3.63, 3.8) is 0 Å². The van der Waals surface area contributed by atoms with E-state index in [0.717, 1.165) is 16.8 Å². The Morgan fingerprint density at radius 3 is 2.48 bits per heavy atom. The van der Waals surface area contributed by atoms with Gasteiger partial charge >= 0.3 is 5.97 Å². The minimum absolute atomic E-state index is 0.188. The van der Waals surface area contributed by atoms with Crippen molar-refractivity contribution in [2.75, 3.05) is 17.7 Å². The van der Waals surface area contributed by atoms with Crippen LogP contribution in [0, 0.1) is 0 Å². The number of hydrogen-bond acceptors (Lipinski definition) is 3. The maximum absolute atomic E-state index is 11.0. The van der Waals surface area contributed by atoms with Crippen LogP contribution in [0.1, 0.15) is 10.4 Å². The number of aliphatic hydroxyl groups is 1. The molecule has 1 atom stereocenters. The van der Waals surface area contributed by atoms with Crippen LogP contribution in [0.4, 0.5) is 5.69 Å². The van der Waals surface area contributed by atoms with Crippen LogP contribution in [-0.2, 0) is 0 Å². The van der Waals surface area contributed by atoms with E-state index in [1.807, 2.05) is 30.3 Å². The summed E-state index contributed by atoms with van der Waals surface area (Å²) < 4.78 is 0. The number of halogens is 1. The van der Waals surface area contributed by atoms with Gasteiger partial charge in [-0.05, 0) is 35.4 Å². The first-order valence-corrected chi connectivity index (χ1v) is 7.05. The first-order valence-electron chi connectivity index (χ1n) is 6.52. The molecule has 0 aliphatic heterocycles. The number of carbonyl (C=O) groups is 1. The summed E-state index contributed by atoms with van der Waals surface area (Å²) in [5, 5.41) is 21.5. The van der Waals surface area contributed by atoms with Crippen molar-refractivity contribution in [2.45, 2.75) is 6.10 Å². The van der Waals surface area contributed by atoms with Crippen molar-refractivity contribution in [3.05, 3.63) is 54.1 Å². The molecule has 0 radical (unpaired) electrons. The van der Waals surface area contributed by atoms with E-state index in [1.165, 1.54) is 0 Å². The average molecular weight is 306 g/mol. The Balaban J connectivity index is 2.11. The Kier molecular flexibility index (Phi) is 5.20. The molecule has 0 spiro atoms. The van der Waals surface area contributed by atoms with E-state index in [-0.39, 0.29) is 11.4 Å². The normalized spacial score (nSPS) is 11.9. The third-order valence-electron chi connectivity index (χ3n) is 3.05. The Hall–Kier alpha value is -2.04. The Morgan fingerprint density at radius 2 is 1.86 bits per heavy atom. The van der Waals surface area contributed by atoms with Gasteiger partial charge in [0.05, 0.1) is 17.5 Å². The summed E-state index contributed by atoms with van der Waals surface area (Å²) in [5.41, 5.74) is 2.92. The van der Waals surface area contributed by atoms with E-state index in [1.54, 1.807) is 18.2 Å². The minimum atomic E-state index is -0.940. The summed E-state index contributed by atoms with van der Waals surface area (Å²) in [6.07, 6.45) is -0.585. The predicted molar refractivity (Wildman–Crippen MR) is 84.1 cm³/mol. The number of aromatic carboxylic acids is 1. The molecule has 0 heterocycles. The van der Waals surface area contributed by atoms with Crippen LogP contribution in [0.2, 0.25) is 0 Å². The lowest BCUT2D eigenvalue weighted by atomic mass is 10.0. The third kappa shape index (κ3) is 4.21. The van der Waals surface area contributed by atoms with Gasteiger partial charge in [0, 0.05) is 12.2 Å². The van der Waals surface area contributed by atoms with Gasteiger partial charge in [-0.2, -0.15) is 0 Å². The fourth-order valence-electron chi connectivity index (χ4n) is 1.90. The first-order chi connectivity index (χ1) is 10.1. The Morgan fingerprint density at radius 1 is 1.14 bits per heavy atom. The highest BCUT2D eigenvalue weighted by molar-refractivity contribution is 6.18. The summed E-state index contributed by atoms with van der Waals surface area (Å²) in [7, 11) is 0. The Labute approximate surface area is 128 Å². The zero-order chi connectivity index (χ0) is 15.2. The number of hydrogen-bond donors (Lipinski definition) is 3. The summed E-state index contributed by atoms with van der Waals surface area (Å²) >= 11 is 5.53. The van der Waals surface area contributed by atoms with Crippen molar-refractivity contribution >= 4 is 23.3 Å². The van der Waals surface area contributed by atoms with Crippen LogP contribution in [0.15, 0.2) is 48.5 Å². The van der Waals surface area contributed by atoms with E-state index < -0.39 is 12.1 Å². The maximum atomic E-state index is 11.0. The van der Waals surface area contributed by atoms with Crippen LogP contribution in [0.3, 0.4) is 0 Å². The zero-order valence-corrected chi connectivity index (χ0v) is 12.0. The molecular weight excluding hydrogens is 290 g/mol. The van der Waals surface area contributed by atoms with Gasteiger partial charge in [-0.3, -0.25) is 0 Å². The second kappa shape index (κ2) is 7.11. The topological polar surface area (TPSA) is 69.6 Å². The van der Waals surface area contributed by atoms with Crippen molar-refractivity contribution in [2.24, 2.45) is 0 Å². The van der Waals surface area contributed by atoms with Gasteiger partial charge in [0.2, 0.25) is 0 Å². The van der Waals surface area contributed by atoms with Crippen molar-refractivity contribution in [3.8, 4) is 11.1 Å². The highest BCUT2D eigenvalue weighted by Gasteiger charge is 2.05. The van der Waals surface area contributed by atoms with Gasteiger partial charge < -0.3 is 15.5 Å². The molecule has 0 saturated heterocycles. The highest BCUT2D eigenvalue weighted by Crippen LogP contribution is 2.22. The molecule has 5 heteroatoms. The first kappa shape index (κ1) is 15.4. The van der Waals surface area contributed by atoms with Gasteiger partial charge in [-0.15, -0.1) is 11.6 Å². The lowest BCUT2D eigenvalue weighted by Gasteiger charge is -2.10. The summed E-state index contributed by atoms with van der Waals surface area (Å²) in [6.45, 7) is 0.386. The van der Waals surface area contributed by atoms with Gasteiger partial charge in [0.15, 0.2) is 0 Å². The second-order valence-corrected chi connectivity index (χ2v) is 4.96. The number of carboxylic acids is 1. The molecule has 2 rings (SSSR count). The van der Waals surface area contributed by atoms with E-state index >= 15 is 0 Å². The van der Waals surface area contributed by atoms with Crippen LogP contribution >= 0.6 is 11.6 Å². The number of nitrogens with one attached hydrogen (secondary N) is 1. The molecule has 0 saturated carbocycles. The molecule has 1 unspecified atom stereocenters. The lowest BCUT2D eigenvalue weighted by Crippen LogP contribution is -2.20. The minimum Gasteiger partial charge on any atom is -0.478 e. The monoisotopic (exact) mass is 305 g/mol. The summed E-state index contributed by atoms with van der Waals surface area (Å²) in [5.74, 6) is -0.752. The molecule has 0 aliphatic rings. The largest absolute Gasteiger partial charge is 0.478 e. The van der Waals surface area contributed by atoms with E-state index in [9.17, 15) is 9.90 Å². The maximum Gasteiger partial charge on any atom is 0.335 e. The molecule has 0 aromatic heterocycles. The third-order valence-corrected chi connectivity index (χ3v) is 3.40. The van der Waals surface area contributed by atoms with Gasteiger partial charge in [-0.1, -0.05) is 24.3 Å². The number of anilines is 1. The number of alkyl halides is 1. The molecule has 3 N–H and O–H groups in total. The van der Waals surface area contributed by atoms with Crippen molar-refractivity contribution < 1.29 is 15.0 Å². The van der Waals surface area contributed by atoms with E-state index in [2.05, 4.69) is 5.32 Å². The van der Waals surface area contributed by atoms with Gasteiger partial charge in [0.25, 0.3) is 0 Å². The van der Waals surface area contributed by atoms with Crippen LogP contribution in [-0.4, -0.2) is 34.7 Å². The van der Waals surface area contributed by atoms with Crippen molar-refractivity contribution in [1.29, 1.82) is 0 Å². The Bertz CT molecular complexity index is 613. The molecule has 0 aliphatic carbocycles. The van der Waals surface area contributed by atoms with Crippen molar-refractivity contribution in [1.82, 2.24) is 0 Å².